The number of aryl methyl sites for hydroxylation is 2. The molecule has 3 aromatic heterocycles. The second-order valence-corrected chi connectivity index (χ2v) is 6.43. The Morgan fingerprint density at radius 2 is 2.17 bits per heavy atom. The van der Waals surface area contributed by atoms with Gasteiger partial charge in [-0.15, -0.1) is 11.3 Å². The molecular weight excluding hydrogens is 284 g/mol. The van der Waals surface area contributed by atoms with Gasteiger partial charge >= 0.3 is 0 Å². The van der Waals surface area contributed by atoms with E-state index in [0.29, 0.717) is 4.77 Å². The highest BCUT2D eigenvalue weighted by Gasteiger charge is 2.13. The lowest BCUT2D eigenvalue weighted by atomic mass is 10.2. The van der Waals surface area contributed by atoms with Crippen molar-refractivity contribution in [2.45, 2.75) is 13.8 Å². The molecule has 0 bridgehead atoms. The number of hydrogen-bond acceptors (Lipinski definition) is 4. The normalized spacial score (nSPS) is 11.2. The van der Waals surface area contributed by atoms with E-state index in [1.54, 1.807) is 27.2 Å². The van der Waals surface area contributed by atoms with Gasteiger partial charge in [0.05, 0.1) is 11.1 Å². The standard InChI is InChI=1S/C12H10N2OS3/c1-6-7(2)18-10-9(6)11(15)14(12(16)13-10)8-3-4-17-5-8/h3-5H,1-2H3,(H,13,16). The maximum atomic E-state index is 12.6. The molecule has 0 saturated carbocycles. The van der Waals surface area contributed by atoms with Crippen LogP contribution >= 0.6 is 34.9 Å². The molecule has 0 aromatic carbocycles. The second kappa shape index (κ2) is 4.15. The second-order valence-electron chi connectivity index (χ2n) is 4.04. The topological polar surface area (TPSA) is 37.8 Å². The molecule has 6 heteroatoms. The SMILES string of the molecule is Cc1sc2[nH]c(=S)n(-c3ccsc3)c(=O)c2c1C. The summed E-state index contributed by atoms with van der Waals surface area (Å²) in [7, 11) is 0. The first kappa shape index (κ1) is 11.8. The predicted octanol–water partition coefficient (Wildman–Crippen LogP) is 3.79. The van der Waals surface area contributed by atoms with E-state index in [-0.39, 0.29) is 5.56 Å². The van der Waals surface area contributed by atoms with Crippen LogP contribution in [0.25, 0.3) is 15.9 Å². The first-order chi connectivity index (χ1) is 8.59. The fourth-order valence-electron chi connectivity index (χ4n) is 1.95. The first-order valence-corrected chi connectivity index (χ1v) is 7.54. The fraction of sp³-hybridized carbons (Fsp3) is 0.167. The van der Waals surface area contributed by atoms with Gasteiger partial charge in [-0.3, -0.25) is 9.36 Å². The summed E-state index contributed by atoms with van der Waals surface area (Å²) in [4.78, 5) is 17.7. The predicted molar refractivity (Wildman–Crippen MR) is 80.0 cm³/mol. The van der Waals surface area contributed by atoms with Crippen LogP contribution in [-0.2, 0) is 0 Å². The average molecular weight is 294 g/mol. The summed E-state index contributed by atoms with van der Waals surface area (Å²) < 4.78 is 2.01. The minimum atomic E-state index is -0.0333. The molecular formula is C12H10N2OS3. The van der Waals surface area contributed by atoms with Crippen LogP contribution in [0.2, 0.25) is 0 Å². The van der Waals surface area contributed by atoms with E-state index in [9.17, 15) is 4.79 Å². The molecule has 18 heavy (non-hydrogen) atoms. The number of nitrogens with zero attached hydrogens (tertiary/aromatic N) is 1. The number of thiophene rings is 2. The summed E-state index contributed by atoms with van der Waals surface area (Å²) in [5.41, 5.74) is 1.83. The third kappa shape index (κ3) is 1.60. The Labute approximate surface area is 116 Å². The molecule has 3 nitrogen and oxygen atoms in total. The van der Waals surface area contributed by atoms with E-state index in [1.807, 2.05) is 30.7 Å². The third-order valence-electron chi connectivity index (χ3n) is 2.99. The molecule has 0 atom stereocenters. The molecule has 3 rings (SSSR count). The van der Waals surface area contributed by atoms with Crippen LogP contribution in [0.15, 0.2) is 21.6 Å². The van der Waals surface area contributed by atoms with E-state index < -0.39 is 0 Å². The molecule has 3 aromatic rings. The quantitative estimate of drug-likeness (QED) is 0.693. The van der Waals surface area contributed by atoms with Gasteiger partial charge in [0.25, 0.3) is 5.56 Å². The van der Waals surface area contributed by atoms with Gasteiger partial charge in [-0.2, -0.15) is 11.3 Å². The monoisotopic (exact) mass is 294 g/mol. The summed E-state index contributed by atoms with van der Waals surface area (Å²) >= 11 is 8.42. The van der Waals surface area contributed by atoms with Crippen LogP contribution in [0.3, 0.4) is 0 Å². The van der Waals surface area contributed by atoms with Gasteiger partial charge < -0.3 is 4.98 Å². The van der Waals surface area contributed by atoms with Crippen LogP contribution in [0.4, 0.5) is 0 Å². The molecule has 0 aliphatic rings. The van der Waals surface area contributed by atoms with Gasteiger partial charge in [0, 0.05) is 10.3 Å². The molecule has 0 saturated heterocycles. The molecule has 0 aliphatic heterocycles. The number of hydrogen-bond donors (Lipinski definition) is 1. The van der Waals surface area contributed by atoms with Gasteiger partial charge in [-0.1, -0.05) is 0 Å². The minimum absolute atomic E-state index is 0.0333. The third-order valence-corrected chi connectivity index (χ3v) is 5.07. The van der Waals surface area contributed by atoms with Crippen molar-refractivity contribution in [3.63, 3.8) is 0 Å². The largest absolute Gasteiger partial charge is 0.323 e. The van der Waals surface area contributed by atoms with E-state index in [4.69, 9.17) is 12.2 Å². The maximum Gasteiger partial charge on any atom is 0.267 e. The summed E-state index contributed by atoms with van der Waals surface area (Å²) in [6.45, 7) is 4.00. The van der Waals surface area contributed by atoms with Crippen molar-refractivity contribution in [2.75, 3.05) is 0 Å². The number of nitrogens with one attached hydrogen (secondary N) is 1. The van der Waals surface area contributed by atoms with E-state index in [1.165, 1.54) is 0 Å². The number of rotatable bonds is 1. The Morgan fingerprint density at radius 3 is 2.83 bits per heavy atom. The fourth-order valence-corrected chi connectivity index (χ4v) is 3.98. The van der Waals surface area contributed by atoms with Crippen molar-refractivity contribution in [3.05, 3.63) is 42.4 Å². The van der Waals surface area contributed by atoms with E-state index in [0.717, 1.165) is 26.3 Å². The molecule has 0 fully saturated rings. The summed E-state index contributed by atoms with van der Waals surface area (Å²) in [6.07, 6.45) is 0. The molecule has 0 spiro atoms. The van der Waals surface area contributed by atoms with Crippen molar-refractivity contribution >= 4 is 45.1 Å². The van der Waals surface area contributed by atoms with Crippen LogP contribution in [0.5, 0.6) is 0 Å². The number of H-pyrrole nitrogens is 1. The first-order valence-electron chi connectivity index (χ1n) is 5.37. The molecule has 0 amide bonds. The highest BCUT2D eigenvalue weighted by atomic mass is 32.1. The van der Waals surface area contributed by atoms with Crippen molar-refractivity contribution < 1.29 is 0 Å². The molecule has 0 radical (unpaired) electrons. The smallest absolute Gasteiger partial charge is 0.267 e. The summed E-state index contributed by atoms with van der Waals surface area (Å²) in [6, 6.07) is 1.90. The van der Waals surface area contributed by atoms with Crippen LogP contribution in [0.1, 0.15) is 10.4 Å². The molecule has 0 unspecified atom stereocenters. The molecule has 3 heterocycles. The highest BCUT2D eigenvalue weighted by Crippen LogP contribution is 2.26. The Kier molecular flexibility index (Phi) is 2.73. The Bertz CT molecular complexity index is 837. The Hall–Kier alpha value is -1.24. The van der Waals surface area contributed by atoms with Crippen LogP contribution in [0, 0.1) is 18.6 Å². The number of fused-ring (bicyclic) bond motifs is 1. The van der Waals surface area contributed by atoms with Gasteiger partial charge in [-0.25, -0.2) is 0 Å². The van der Waals surface area contributed by atoms with Gasteiger partial charge in [-0.05, 0) is 43.1 Å². The minimum Gasteiger partial charge on any atom is -0.323 e. The van der Waals surface area contributed by atoms with Gasteiger partial charge in [0.15, 0.2) is 4.77 Å². The van der Waals surface area contributed by atoms with Crippen LogP contribution in [-0.4, -0.2) is 9.55 Å². The van der Waals surface area contributed by atoms with E-state index in [2.05, 4.69) is 4.98 Å². The average Bonchev–Trinajstić information content (AvgIpc) is 2.89. The van der Waals surface area contributed by atoms with Crippen molar-refractivity contribution in [1.29, 1.82) is 0 Å². The lowest BCUT2D eigenvalue weighted by Crippen LogP contribution is -2.19. The zero-order valence-electron chi connectivity index (χ0n) is 9.81. The zero-order valence-corrected chi connectivity index (χ0v) is 12.3. The zero-order chi connectivity index (χ0) is 12.9. The van der Waals surface area contributed by atoms with E-state index >= 15 is 0 Å². The molecule has 92 valence electrons. The van der Waals surface area contributed by atoms with Gasteiger partial charge in [0.2, 0.25) is 0 Å². The van der Waals surface area contributed by atoms with Crippen molar-refractivity contribution in [2.24, 2.45) is 0 Å². The lowest BCUT2D eigenvalue weighted by molar-refractivity contribution is 0.947. The Morgan fingerprint density at radius 1 is 1.39 bits per heavy atom. The maximum absolute atomic E-state index is 12.6. The van der Waals surface area contributed by atoms with Gasteiger partial charge in [0.1, 0.15) is 4.83 Å². The molecule has 0 aliphatic carbocycles. The summed E-state index contributed by atoms with van der Waals surface area (Å²) in [5.74, 6) is 0. The summed E-state index contributed by atoms with van der Waals surface area (Å²) in [5, 5.41) is 4.61. The Balaban J connectivity index is 2.52. The number of aromatic amines is 1. The number of aromatic nitrogens is 2. The van der Waals surface area contributed by atoms with Crippen LogP contribution < -0.4 is 5.56 Å². The van der Waals surface area contributed by atoms with Crippen molar-refractivity contribution in [1.82, 2.24) is 9.55 Å². The lowest BCUT2D eigenvalue weighted by Gasteiger charge is -2.03. The van der Waals surface area contributed by atoms with Crippen molar-refractivity contribution in [3.8, 4) is 5.69 Å². The molecule has 1 N–H and O–H groups in total. The highest BCUT2D eigenvalue weighted by molar-refractivity contribution is 7.71.